The summed E-state index contributed by atoms with van der Waals surface area (Å²) in [5.74, 6) is 0.414. The Bertz CT molecular complexity index is 278. The summed E-state index contributed by atoms with van der Waals surface area (Å²) in [7, 11) is 0. The van der Waals surface area contributed by atoms with Crippen LogP contribution in [0.15, 0.2) is 10.7 Å². The van der Waals surface area contributed by atoms with Gasteiger partial charge in [0.15, 0.2) is 0 Å². The third-order valence-electron chi connectivity index (χ3n) is 1.42. The molecule has 4 heteroatoms. The zero-order valence-electron chi connectivity index (χ0n) is 7.42. The van der Waals surface area contributed by atoms with E-state index in [1.807, 2.05) is 13.8 Å². The Kier molecular flexibility index (Phi) is 2.47. The average molecular weight is 168 g/mol. The van der Waals surface area contributed by atoms with Crippen molar-refractivity contribution in [1.29, 1.82) is 0 Å². The van der Waals surface area contributed by atoms with Crippen LogP contribution in [0.2, 0.25) is 0 Å². The summed E-state index contributed by atoms with van der Waals surface area (Å²) in [6.07, 6.45) is 1.42. The predicted octanol–water partition coefficient (Wildman–Crippen LogP) is 1.12. The van der Waals surface area contributed by atoms with E-state index in [0.717, 1.165) is 0 Å². The molecule has 0 aromatic carbocycles. The number of nitrogens with zero attached hydrogens (tertiary/aromatic N) is 1. The number of aromatic nitrogens is 1. The fraction of sp³-hybridized carbons (Fsp3) is 0.500. The maximum absolute atomic E-state index is 11.3. The number of rotatable bonds is 2. The van der Waals surface area contributed by atoms with E-state index in [9.17, 15) is 4.79 Å². The molecule has 1 amide bonds. The van der Waals surface area contributed by atoms with Crippen LogP contribution in [-0.4, -0.2) is 17.1 Å². The van der Waals surface area contributed by atoms with Gasteiger partial charge in [-0.2, -0.15) is 0 Å². The molecule has 1 aromatic rings. The van der Waals surface area contributed by atoms with Crippen LogP contribution in [0.3, 0.4) is 0 Å². The van der Waals surface area contributed by atoms with Gasteiger partial charge in [-0.1, -0.05) is 5.16 Å². The minimum absolute atomic E-state index is 0.131. The van der Waals surface area contributed by atoms with Gasteiger partial charge in [-0.05, 0) is 20.8 Å². The third-order valence-corrected chi connectivity index (χ3v) is 1.42. The standard InChI is InChI=1S/C8H12N2O2/c1-5(2)10-8(11)7-4-9-12-6(7)3/h4-5H,1-3H3,(H,10,11). The Morgan fingerprint density at radius 2 is 2.33 bits per heavy atom. The van der Waals surface area contributed by atoms with Crippen LogP contribution >= 0.6 is 0 Å². The molecule has 66 valence electrons. The molecule has 0 saturated heterocycles. The van der Waals surface area contributed by atoms with Crippen molar-refractivity contribution in [3.05, 3.63) is 17.5 Å². The smallest absolute Gasteiger partial charge is 0.256 e. The molecule has 1 N–H and O–H groups in total. The van der Waals surface area contributed by atoms with E-state index in [0.29, 0.717) is 11.3 Å². The number of amides is 1. The van der Waals surface area contributed by atoms with Crippen molar-refractivity contribution in [2.45, 2.75) is 26.8 Å². The van der Waals surface area contributed by atoms with E-state index in [4.69, 9.17) is 4.52 Å². The van der Waals surface area contributed by atoms with E-state index in [1.54, 1.807) is 6.92 Å². The lowest BCUT2D eigenvalue weighted by Gasteiger charge is -2.05. The maximum Gasteiger partial charge on any atom is 0.256 e. The quantitative estimate of drug-likeness (QED) is 0.720. The molecule has 1 aromatic heterocycles. The van der Waals surface area contributed by atoms with Gasteiger partial charge < -0.3 is 9.84 Å². The molecule has 0 aliphatic rings. The van der Waals surface area contributed by atoms with Crippen LogP contribution in [0.4, 0.5) is 0 Å². The van der Waals surface area contributed by atoms with Gasteiger partial charge in [0.1, 0.15) is 11.3 Å². The Labute approximate surface area is 70.9 Å². The second kappa shape index (κ2) is 3.38. The third kappa shape index (κ3) is 1.84. The zero-order valence-corrected chi connectivity index (χ0v) is 7.42. The van der Waals surface area contributed by atoms with Crippen molar-refractivity contribution in [3.63, 3.8) is 0 Å². The molecular formula is C8H12N2O2. The highest BCUT2D eigenvalue weighted by Gasteiger charge is 2.12. The molecule has 0 saturated carbocycles. The van der Waals surface area contributed by atoms with Gasteiger partial charge in [0.25, 0.3) is 5.91 Å². The first kappa shape index (κ1) is 8.77. The first-order valence-corrected chi connectivity index (χ1v) is 3.83. The molecule has 1 rings (SSSR count). The van der Waals surface area contributed by atoms with Crippen LogP contribution in [-0.2, 0) is 0 Å². The first-order chi connectivity index (χ1) is 5.61. The van der Waals surface area contributed by atoms with Crippen molar-refractivity contribution in [2.75, 3.05) is 0 Å². The van der Waals surface area contributed by atoms with Gasteiger partial charge in [-0.15, -0.1) is 0 Å². The molecule has 0 bridgehead atoms. The summed E-state index contributed by atoms with van der Waals surface area (Å²) in [6, 6.07) is 0.131. The molecule has 0 radical (unpaired) electrons. The second-order valence-electron chi connectivity index (χ2n) is 2.92. The monoisotopic (exact) mass is 168 g/mol. The van der Waals surface area contributed by atoms with Gasteiger partial charge in [0.05, 0.1) is 6.20 Å². The van der Waals surface area contributed by atoms with E-state index in [-0.39, 0.29) is 11.9 Å². The molecule has 12 heavy (non-hydrogen) atoms. The molecule has 1 heterocycles. The number of carbonyl (C=O) groups excluding carboxylic acids is 1. The highest BCUT2D eigenvalue weighted by atomic mass is 16.5. The number of aryl methyl sites for hydroxylation is 1. The first-order valence-electron chi connectivity index (χ1n) is 3.83. The highest BCUT2D eigenvalue weighted by molar-refractivity contribution is 5.94. The van der Waals surface area contributed by atoms with Crippen LogP contribution in [0, 0.1) is 6.92 Å². The fourth-order valence-electron chi connectivity index (χ4n) is 0.857. The fourth-order valence-corrected chi connectivity index (χ4v) is 0.857. The van der Waals surface area contributed by atoms with Crippen LogP contribution in [0.5, 0.6) is 0 Å². The Morgan fingerprint density at radius 3 is 2.75 bits per heavy atom. The molecule has 0 fully saturated rings. The maximum atomic E-state index is 11.3. The van der Waals surface area contributed by atoms with Crippen molar-refractivity contribution in [2.24, 2.45) is 0 Å². The predicted molar refractivity (Wildman–Crippen MR) is 43.8 cm³/mol. The normalized spacial score (nSPS) is 10.3. The highest BCUT2D eigenvalue weighted by Crippen LogP contribution is 2.05. The molecule has 0 atom stereocenters. The van der Waals surface area contributed by atoms with Gasteiger partial charge in [0, 0.05) is 6.04 Å². The van der Waals surface area contributed by atoms with Gasteiger partial charge in [-0.25, -0.2) is 0 Å². The lowest BCUT2D eigenvalue weighted by molar-refractivity contribution is 0.0941. The number of hydrogen-bond donors (Lipinski definition) is 1. The van der Waals surface area contributed by atoms with Gasteiger partial charge >= 0.3 is 0 Å². The summed E-state index contributed by atoms with van der Waals surface area (Å²) in [5, 5.41) is 6.26. The van der Waals surface area contributed by atoms with Crippen LogP contribution < -0.4 is 5.32 Å². The largest absolute Gasteiger partial charge is 0.361 e. The Balaban J connectivity index is 2.72. The summed E-state index contributed by atoms with van der Waals surface area (Å²) >= 11 is 0. The van der Waals surface area contributed by atoms with Crippen molar-refractivity contribution in [3.8, 4) is 0 Å². The minimum Gasteiger partial charge on any atom is -0.361 e. The molecule has 0 unspecified atom stereocenters. The van der Waals surface area contributed by atoms with E-state index in [2.05, 4.69) is 10.5 Å². The van der Waals surface area contributed by atoms with Gasteiger partial charge in [0.2, 0.25) is 0 Å². The van der Waals surface area contributed by atoms with Crippen molar-refractivity contribution >= 4 is 5.91 Å². The number of carbonyl (C=O) groups is 1. The topological polar surface area (TPSA) is 55.1 Å². The molecule has 4 nitrogen and oxygen atoms in total. The summed E-state index contributed by atoms with van der Waals surface area (Å²) in [4.78, 5) is 11.3. The number of hydrogen-bond acceptors (Lipinski definition) is 3. The lowest BCUT2D eigenvalue weighted by Crippen LogP contribution is -2.30. The van der Waals surface area contributed by atoms with Crippen molar-refractivity contribution < 1.29 is 9.32 Å². The van der Waals surface area contributed by atoms with E-state index in [1.165, 1.54) is 6.20 Å². The van der Waals surface area contributed by atoms with Crippen molar-refractivity contribution in [1.82, 2.24) is 10.5 Å². The molecule has 0 aliphatic heterocycles. The summed E-state index contributed by atoms with van der Waals surface area (Å²) < 4.78 is 4.76. The molecular weight excluding hydrogens is 156 g/mol. The van der Waals surface area contributed by atoms with Crippen LogP contribution in [0.25, 0.3) is 0 Å². The average Bonchev–Trinajstić information content (AvgIpc) is 2.33. The zero-order chi connectivity index (χ0) is 9.14. The van der Waals surface area contributed by atoms with E-state index >= 15 is 0 Å². The lowest BCUT2D eigenvalue weighted by atomic mass is 10.2. The molecule has 0 spiro atoms. The Morgan fingerprint density at radius 1 is 1.67 bits per heavy atom. The second-order valence-corrected chi connectivity index (χ2v) is 2.92. The van der Waals surface area contributed by atoms with E-state index < -0.39 is 0 Å². The molecule has 0 aliphatic carbocycles. The summed E-state index contributed by atoms with van der Waals surface area (Å²) in [5.41, 5.74) is 0.503. The summed E-state index contributed by atoms with van der Waals surface area (Å²) in [6.45, 7) is 5.52. The minimum atomic E-state index is -0.135. The Hall–Kier alpha value is -1.32. The number of nitrogens with one attached hydrogen (secondary N) is 1. The SMILES string of the molecule is Cc1oncc1C(=O)NC(C)C. The van der Waals surface area contributed by atoms with Gasteiger partial charge in [-0.3, -0.25) is 4.79 Å². The van der Waals surface area contributed by atoms with Crippen LogP contribution in [0.1, 0.15) is 30.0 Å².